The van der Waals surface area contributed by atoms with E-state index >= 15 is 0 Å². The zero-order valence-corrected chi connectivity index (χ0v) is 11.5. The van der Waals surface area contributed by atoms with Gasteiger partial charge in [-0.1, -0.05) is 38.1 Å². The molecule has 3 heteroatoms. The molecule has 0 radical (unpaired) electrons. The maximum Gasteiger partial charge on any atom is 0.219 e. The van der Waals surface area contributed by atoms with Crippen molar-refractivity contribution in [3.63, 3.8) is 0 Å². The van der Waals surface area contributed by atoms with Gasteiger partial charge in [-0.2, -0.15) is 0 Å². The number of benzene rings is 1. The van der Waals surface area contributed by atoms with Crippen molar-refractivity contribution in [3.8, 4) is 11.6 Å². The predicted molar refractivity (Wildman–Crippen MR) is 77.4 cm³/mol. The molecule has 0 aliphatic rings. The zero-order chi connectivity index (χ0) is 13.7. The fourth-order valence-electron chi connectivity index (χ4n) is 1.94. The highest BCUT2D eigenvalue weighted by molar-refractivity contribution is 5.38. The largest absolute Gasteiger partial charge is 0.439 e. The van der Waals surface area contributed by atoms with Crippen LogP contribution in [-0.2, 0) is 6.54 Å². The molecule has 0 aliphatic heterocycles. The summed E-state index contributed by atoms with van der Waals surface area (Å²) in [6, 6.07) is 13.8. The molecule has 0 bridgehead atoms. The Morgan fingerprint density at radius 1 is 1.16 bits per heavy atom. The second-order valence-corrected chi connectivity index (χ2v) is 4.62. The Morgan fingerprint density at radius 3 is 2.68 bits per heavy atom. The molecule has 1 aromatic carbocycles. The van der Waals surface area contributed by atoms with Crippen LogP contribution in [0.5, 0.6) is 11.6 Å². The van der Waals surface area contributed by atoms with Gasteiger partial charge in [-0.15, -0.1) is 0 Å². The van der Waals surface area contributed by atoms with Crippen molar-refractivity contribution in [1.29, 1.82) is 0 Å². The first-order chi connectivity index (χ1) is 9.24. The summed E-state index contributed by atoms with van der Waals surface area (Å²) in [5.74, 6) is 1.94. The Kier molecular flexibility index (Phi) is 4.53. The highest BCUT2D eigenvalue weighted by Gasteiger charge is 2.10. The van der Waals surface area contributed by atoms with E-state index < -0.39 is 0 Å². The van der Waals surface area contributed by atoms with E-state index in [4.69, 9.17) is 10.5 Å². The molecule has 2 aromatic rings. The first kappa shape index (κ1) is 13.6. The van der Waals surface area contributed by atoms with E-state index in [1.165, 1.54) is 5.56 Å². The van der Waals surface area contributed by atoms with Crippen molar-refractivity contribution in [1.82, 2.24) is 4.98 Å². The molecule has 0 aliphatic carbocycles. The summed E-state index contributed by atoms with van der Waals surface area (Å²) in [7, 11) is 0. The number of hydrogen-bond acceptors (Lipinski definition) is 3. The fourth-order valence-corrected chi connectivity index (χ4v) is 1.94. The average molecular weight is 256 g/mol. The molecule has 2 N–H and O–H groups in total. The quantitative estimate of drug-likeness (QED) is 0.884. The van der Waals surface area contributed by atoms with Crippen LogP contribution in [0.25, 0.3) is 0 Å². The standard InChI is InChI=1S/C16H20N2O/c1-3-12(2)14-8-4-5-9-15(14)19-16-10-6-7-13(11-17)18-16/h4-10,12H,3,11,17H2,1-2H3. The number of ether oxygens (including phenoxy) is 1. The van der Waals surface area contributed by atoms with Crippen LogP contribution in [0, 0.1) is 0 Å². The smallest absolute Gasteiger partial charge is 0.219 e. The van der Waals surface area contributed by atoms with Gasteiger partial charge in [0.25, 0.3) is 0 Å². The van der Waals surface area contributed by atoms with Crippen LogP contribution in [0.1, 0.15) is 37.4 Å². The average Bonchev–Trinajstić information content (AvgIpc) is 2.47. The minimum absolute atomic E-state index is 0.421. The summed E-state index contributed by atoms with van der Waals surface area (Å²) in [5, 5.41) is 0. The minimum atomic E-state index is 0.421. The maximum atomic E-state index is 5.91. The van der Waals surface area contributed by atoms with E-state index in [-0.39, 0.29) is 0 Å². The van der Waals surface area contributed by atoms with Crippen molar-refractivity contribution in [2.45, 2.75) is 32.7 Å². The SMILES string of the molecule is CCC(C)c1ccccc1Oc1cccc(CN)n1. The van der Waals surface area contributed by atoms with Crippen LogP contribution in [-0.4, -0.2) is 4.98 Å². The second-order valence-electron chi connectivity index (χ2n) is 4.62. The van der Waals surface area contributed by atoms with Crippen LogP contribution < -0.4 is 10.5 Å². The lowest BCUT2D eigenvalue weighted by molar-refractivity contribution is 0.450. The first-order valence-electron chi connectivity index (χ1n) is 6.67. The van der Waals surface area contributed by atoms with Crippen LogP contribution in [0.2, 0.25) is 0 Å². The summed E-state index contributed by atoms with van der Waals surface area (Å²) < 4.78 is 5.91. The molecule has 1 aromatic heterocycles. The molecule has 3 nitrogen and oxygen atoms in total. The Bertz CT molecular complexity index is 540. The van der Waals surface area contributed by atoms with E-state index in [1.54, 1.807) is 0 Å². The molecule has 2 rings (SSSR count). The number of pyridine rings is 1. The summed E-state index contributed by atoms with van der Waals surface area (Å²) in [5.41, 5.74) is 7.64. The topological polar surface area (TPSA) is 48.1 Å². The lowest BCUT2D eigenvalue weighted by Gasteiger charge is -2.15. The Balaban J connectivity index is 2.27. The molecule has 0 amide bonds. The third kappa shape index (κ3) is 3.32. The summed E-state index contributed by atoms with van der Waals surface area (Å²) in [6.45, 7) is 4.80. The minimum Gasteiger partial charge on any atom is -0.439 e. The van der Waals surface area contributed by atoms with E-state index in [9.17, 15) is 0 Å². The van der Waals surface area contributed by atoms with Crippen LogP contribution in [0.3, 0.4) is 0 Å². The molecule has 0 spiro atoms. The second kappa shape index (κ2) is 6.34. The van der Waals surface area contributed by atoms with Gasteiger partial charge in [0.05, 0.1) is 5.69 Å². The van der Waals surface area contributed by atoms with Gasteiger partial charge in [0, 0.05) is 12.6 Å². The molecule has 1 heterocycles. The van der Waals surface area contributed by atoms with Gasteiger partial charge >= 0.3 is 0 Å². The van der Waals surface area contributed by atoms with Crippen molar-refractivity contribution in [2.24, 2.45) is 5.73 Å². The van der Waals surface area contributed by atoms with Crippen LogP contribution in [0.15, 0.2) is 42.5 Å². The molecule has 100 valence electrons. The first-order valence-corrected chi connectivity index (χ1v) is 6.67. The van der Waals surface area contributed by atoms with Gasteiger partial charge in [0.2, 0.25) is 5.88 Å². The fraction of sp³-hybridized carbons (Fsp3) is 0.312. The normalized spacial score (nSPS) is 12.2. The Hall–Kier alpha value is -1.87. The van der Waals surface area contributed by atoms with Crippen molar-refractivity contribution in [2.75, 3.05) is 0 Å². The summed E-state index contributed by atoms with van der Waals surface area (Å²) >= 11 is 0. The third-order valence-electron chi connectivity index (χ3n) is 3.27. The Labute approximate surface area is 114 Å². The number of rotatable bonds is 5. The number of hydrogen-bond donors (Lipinski definition) is 1. The highest BCUT2D eigenvalue weighted by atomic mass is 16.5. The molecule has 19 heavy (non-hydrogen) atoms. The highest BCUT2D eigenvalue weighted by Crippen LogP contribution is 2.31. The zero-order valence-electron chi connectivity index (χ0n) is 11.5. The van der Waals surface area contributed by atoms with E-state index in [0.717, 1.165) is 17.9 Å². The lowest BCUT2D eigenvalue weighted by atomic mass is 9.98. The van der Waals surface area contributed by atoms with E-state index in [2.05, 4.69) is 24.9 Å². The van der Waals surface area contributed by atoms with Gasteiger partial charge in [-0.25, -0.2) is 4.98 Å². The summed E-state index contributed by atoms with van der Waals surface area (Å²) in [6.07, 6.45) is 1.08. The van der Waals surface area contributed by atoms with Crippen LogP contribution in [0.4, 0.5) is 0 Å². The number of nitrogens with two attached hydrogens (primary N) is 1. The monoisotopic (exact) mass is 256 g/mol. The van der Waals surface area contributed by atoms with Crippen molar-refractivity contribution < 1.29 is 4.74 Å². The molecule has 0 fully saturated rings. The lowest BCUT2D eigenvalue weighted by Crippen LogP contribution is -2.01. The van der Waals surface area contributed by atoms with Crippen molar-refractivity contribution in [3.05, 3.63) is 53.7 Å². The van der Waals surface area contributed by atoms with Gasteiger partial charge in [0.15, 0.2) is 0 Å². The molecule has 1 atom stereocenters. The maximum absolute atomic E-state index is 5.91. The van der Waals surface area contributed by atoms with Gasteiger partial charge in [0.1, 0.15) is 5.75 Å². The number of aromatic nitrogens is 1. The van der Waals surface area contributed by atoms with E-state index in [1.807, 2.05) is 36.4 Å². The number of para-hydroxylation sites is 1. The number of nitrogens with zero attached hydrogens (tertiary/aromatic N) is 1. The van der Waals surface area contributed by atoms with Gasteiger partial charge in [-0.05, 0) is 30.0 Å². The van der Waals surface area contributed by atoms with Gasteiger partial charge < -0.3 is 10.5 Å². The molecule has 1 unspecified atom stereocenters. The molecule has 0 saturated heterocycles. The summed E-state index contributed by atoms with van der Waals surface area (Å²) in [4.78, 5) is 4.37. The molecular weight excluding hydrogens is 236 g/mol. The molecular formula is C16H20N2O. The predicted octanol–water partition coefficient (Wildman–Crippen LogP) is 3.85. The van der Waals surface area contributed by atoms with Gasteiger partial charge in [-0.3, -0.25) is 0 Å². The third-order valence-corrected chi connectivity index (χ3v) is 3.27. The van der Waals surface area contributed by atoms with Crippen LogP contribution >= 0.6 is 0 Å². The molecule has 0 saturated carbocycles. The van der Waals surface area contributed by atoms with Crippen molar-refractivity contribution >= 4 is 0 Å². The van der Waals surface area contributed by atoms with E-state index in [0.29, 0.717) is 18.3 Å². The Morgan fingerprint density at radius 2 is 1.95 bits per heavy atom.